The molecule has 0 aromatic carbocycles. The van der Waals surface area contributed by atoms with E-state index in [-0.39, 0.29) is 17.4 Å². The maximum atomic E-state index is 12.7. The molecule has 0 aliphatic carbocycles. The minimum Gasteiger partial charge on any atom is -0.395 e. The van der Waals surface area contributed by atoms with Gasteiger partial charge >= 0.3 is 0 Å². The molecule has 19 heavy (non-hydrogen) atoms. The topological polar surface area (TPSA) is 60.9 Å². The third-order valence-electron chi connectivity index (χ3n) is 3.80. The molecule has 2 fully saturated rings. The Balaban J connectivity index is 2.16. The summed E-state index contributed by atoms with van der Waals surface area (Å²) in [4.78, 5) is 0. The summed E-state index contributed by atoms with van der Waals surface area (Å²) in [7, 11) is -3.42. The Kier molecular flexibility index (Phi) is 4.83. The minimum atomic E-state index is -3.42. The quantitative estimate of drug-likeness (QED) is 0.842. The molecule has 0 bridgehead atoms. The van der Waals surface area contributed by atoms with Crippen LogP contribution in [-0.2, 0) is 10.2 Å². The van der Waals surface area contributed by atoms with E-state index >= 15 is 0 Å². The van der Waals surface area contributed by atoms with Crippen molar-refractivity contribution in [1.82, 2.24) is 8.61 Å². The molecule has 1 N–H and O–H groups in total. The Labute approximate surface area is 120 Å². The number of hydrogen-bond donors (Lipinski definition) is 1. The van der Waals surface area contributed by atoms with E-state index in [0.29, 0.717) is 19.6 Å². The fourth-order valence-corrected chi connectivity index (χ4v) is 6.10. The van der Waals surface area contributed by atoms with Gasteiger partial charge in [0.15, 0.2) is 0 Å². The lowest BCUT2D eigenvalue weighted by Gasteiger charge is -2.42. The third-order valence-corrected chi connectivity index (χ3v) is 7.13. The van der Waals surface area contributed by atoms with Crippen LogP contribution in [0, 0.1) is 0 Å². The largest absolute Gasteiger partial charge is 0.395 e. The summed E-state index contributed by atoms with van der Waals surface area (Å²) >= 11 is 1.82. The van der Waals surface area contributed by atoms with E-state index in [2.05, 4.69) is 13.8 Å². The number of thioether (sulfide) groups is 1. The summed E-state index contributed by atoms with van der Waals surface area (Å²) in [6.45, 7) is 5.75. The van der Waals surface area contributed by atoms with E-state index in [1.807, 2.05) is 11.8 Å². The van der Waals surface area contributed by atoms with E-state index in [1.54, 1.807) is 4.31 Å². The first-order valence-corrected chi connectivity index (χ1v) is 9.27. The van der Waals surface area contributed by atoms with Crippen molar-refractivity contribution in [3.8, 4) is 0 Å². The van der Waals surface area contributed by atoms with Crippen molar-refractivity contribution in [2.24, 2.45) is 0 Å². The van der Waals surface area contributed by atoms with Gasteiger partial charge in [-0.1, -0.05) is 6.42 Å². The molecule has 112 valence electrons. The molecule has 1 unspecified atom stereocenters. The first-order chi connectivity index (χ1) is 8.87. The standard InChI is InChI=1S/C12H24N2O3S2/c1-12(2)10-13(7-8-18-12)19(16,17)14-6-4-3-5-11(14)9-15/h11,15H,3-10H2,1-2H3. The zero-order valence-electron chi connectivity index (χ0n) is 11.7. The molecule has 2 saturated heterocycles. The van der Waals surface area contributed by atoms with Crippen LogP contribution < -0.4 is 0 Å². The molecule has 0 aromatic rings. The Morgan fingerprint density at radius 3 is 2.68 bits per heavy atom. The Morgan fingerprint density at radius 1 is 1.32 bits per heavy atom. The zero-order valence-corrected chi connectivity index (χ0v) is 13.3. The summed E-state index contributed by atoms with van der Waals surface area (Å²) < 4.78 is 28.5. The predicted molar refractivity (Wildman–Crippen MR) is 78.5 cm³/mol. The molecule has 1 atom stereocenters. The van der Waals surface area contributed by atoms with Gasteiger partial charge in [0.25, 0.3) is 10.2 Å². The van der Waals surface area contributed by atoms with E-state index in [0.717, 1.165) is 25.0 Å². The smallest absolute Gasteiger partial charge is 0.282 e. The van der Waals surface area contributed by atoms with Gasteiger partial charge in [0.1, 0.15) is 0 Å². The van der Waals surface area contributed by atoms with E-state index < -0.39 is 10.2 Å². The molecule has 0 amide bonds. The van der Waals surface area contributed by atoms with Crippen LogP contribution in [0.25, 0.3) is 0 Å². The molecule has 0 aromatic heterocycles. The van der Waals surface area contributed by atoms with Gasteiger partial charge in [0.2, 0.25) is 0 Å². The summed E-state index contributed by atoms with van der Waals surface area (Å²) in [6, 6.07) is -0.239. The second-order valence-electron chi connectivity index (χ2n) is 5.89. The molecule has 0 radical (unpaired) electrons. The third kappa shape index (κ3) is 3.44. The van der Waals surface area contributed by atoms with Crippen LogP contribution in [0.15, 0.2) is 0 Å². The van der Waals surface area contributed by atoms with Crippen molar-refractivity contribution in [2.75, 3.05) is 32.0 Å². The number of nitrogens with zero attached hydrogens (tertiary/aromatic N) is 2. The van der Waals surface area contributed by atoms with E-state index in [9.17, 15) is 13.5 Å². The number of piperidine rings is 1. The predicted octanol–water partition coefficient (Wildman–Crippen LogP) is 0.905. The molecule has 2 aliphatic heterocycles. The van der Waals surface area contributed by atoms with Gasteiger partial charge in [0.05, 0.1) is 6.61 Å². The van der Waals surface area contributed by atoms with E-state index in [4.69, 9.17) is 0 Å². The van der Waals surface area contributed by atoms with Crippen molar-refractivity contribution in [3.63, 3.8) is 0 Å². The average molecular weight is 308 g/mol. The molecule has 2 rings (SSSR count). The molecule has 7 heteroatoms. The van der Waals surface area contributed by atoms with E-state index in [1.165, 1.54) is 4.31 Å². The van der Waals surface area contributed by atoms with Gasteiger partial charge < -0.3 is 5.11 Å². The van der Waals surface area contributed by atoms with Crippen molar-refractivity contribution in [3.05, 3.63) is 0 Å². The fraction of sp³-hybridized carbons (Fsp3) is 1.00. The number of rotatable bonds is 3. The van der Waals surface area contributed by atoms with Gasteiger partial charge in [-0.05, 0) is 26.7 Å². The number of aliphatic hydroxyl groups is 1. The highest BCUT2D eigenvalue weighted by Gasteiger charge is 2.40. The second kappa shape index (κ2) is 5.89. The number of aliphatic hydroxyl groups excluding tert-OH is 1. The van der Waals surface area contributed by atoms with Gasteiger partial charge in [-0.15, -0.1) is 0 Å². The lowest BCUT2D eigenvalue weighted by Crippen LogP contribution is -2.56. The van der Waals surface area contributed by atoms with Gasteiger partial charge in [-0.2, -0.15) is 28.8 Å². The summed E-state index contributed by atoms with van der Waals surface area (Å²) in [5, 5.41) is 9.40. The fourth-order valence-electron chi connectivity index (χ4n) is 2.78. The van der Waals surface area contributed by atoms with Crippen LogP contribution in [-0.4, -0.2) is 64.9 Å². The van der Waals surface area contributed by atoms with Crippen LogP contribution in [0.2, 0.25) is 0 Å². The SMILES string of the molecule is CC1(C)CN(S(=O)(=O)N2CCCCC2CO)CCS1. The lowest BCUT2D eigenvalue weighted by atomic mass is 10.1. The molecule has 5 nitrogen and oxygen atoms in total. The Hall–Kier alpha value is 0.180. The average Bonchev–Trinajstić information content (AvgIpc) is 2.37. The second-order valence-corrected chi connectivity index (χ2v) is 9.58. The maximum Gasteiger partial charge on any atom is 0.282 e. The van der Waals surface area contributed by atoms with Crippen molar-refractivity contribution < 1.29 is 13.5 Å². The summed E-state index contributed by atoms with van der Waals surface area (Å²) in [6.07, 6.45) is 2.65. The number of hydrogen-bond acceptors (Lipinski definition) is 4. The van der Waals surface area contributed by atoms with Crippen LogP contribution in [0.4, 0.5) is 0 Å². The Bertz CT molecular complexity index is 411. The first kappa shape index (κ1) is 15.6. The van der Waals surface area contributed by atoms with Gasteiger partial charge in [-0.25, -0.2) is 0 Å². The van der Waals surface area contributed by atoms with Crippen molar-refractivity contribution >= 4 is 22.0 Å². The molecule has 0 saturated carbocycles. The normalized spacial score (nSPS) is 30.4. The van der Waals surface area contributed by atoms with Crippen LogP contribution in [0.5, 0.6) is 0 Å². The molecule has 2 heterocycles. The maximum absolute atomic E-state index is 12.7. The van der Waals surface area contributed by atoms with Gasteiger partial charge in [-0.3, -0.25) is 0 Å². The summed E-state index contributed by atoms with van der Waals surface area (Å²) in [5.41, 5.74) is 0. The lowest BCUT2D eigenvalue weighted by molar-refractivity contribution is 0.147. The van der Waals surface area contributed by atoms with Crippen LogP contribution in [0.1, 0.15) is 33.1 Å². The highest BCUT2D eigenvalue weighted by molar-refractivity contribution is 8.00. The Morgan fingerprint density at radius 2 is 2.05 bits per heavy atom. The molecule has 0 spiro atoms. The summed E-state index contributed by atoms with van der Waals surface area (Å²) in [5.74, 6) is 0.837. The van der Waals surface area contributed by atoms with Crippen LogP contribution in [0.3, 0.4) is 0 Å². The highest BCUT2D eigenvalue weighted by atomic mass is 32.2. The molecular weight excluding hydrogens is 284 g/mol. The molecule has 2 aliphatic rings. The van der Waals surface area contributed by atoms with Crippen molar-refractivity contribution in [2.45, 2.75) is 43.9 Å². The first-order valence-electron chi connectivity index (χ1n) is 6.88. The monoisotopic (exact) mass is 308 g/mol. The van der Waals surface area contributed by atoms with Crippen LogP contribution >= 0.6 is 11.8 Å². The minimum absolute atomic E-state index is 0.0319. The van der Waals surface area contributed by atoms with Crippen molar-refractivity contribution in [1.29, 1.82) is 0 Å². The van der Waals surface area contributed by atoms with Gasteiger partial charge in [0, 0.05) is 36.2 Å². The zero-order chi connectivity index (χ0) is 14.1. The highest BCUT2D eigenvalue weighted by Crippen LogP contribution is 2.32. The molecular formula is C12H24N2O3S2.